The number of benzene rings is 2. The van der Waals surface area contributed by atoms with Gasteiger partial charge in [0.15, 0.2) is 5.82 Å². The second-order valence-corrected chi connectivity index (χ2v) is 8.24. The van der Waals surface area contributed by atoms with Crippen LogP contribution in [-0.4, -0.2) is 26.7 Å². The smallest absolute Gasteiger partial charge is 0.417 e. The van der Waals surface area contributed by atoms with E-state index in [0.29, 0.717) is 17.9 Å². The number of hydrogen-bond acceptors (Lipinski definition) is 5. The number of aliphatic hydroxyl groups excluding tert-OH is 1. The number of alkyl halides is 3. The van der Waals surface area contributed by atoms with E-state index in [1.807, 2.05) is 20.8 Å². The molecule has 2 aromatic carbocycles. The number of aliphatic hydroxyl groups is 1. The van der Waals surface area contributed by atoms with E-state index in [1.165, 1.54) is 6.07 Å². The summed E-state index contributed by atoms with van der Waals surface area (Å²) in [6.07, 6.45) is -4.67. The average molecular weight is 433 g/mol. The van der Waals surface area contributed by atoms with Crippen LogP contribution in [0.25, 0.3) is 22.8 Å². The number of rotatable bonds is 5. The molecule has 0 unspecified atom stereocenters. The van der Waals surface area contributed by atoms with Gasteiger partial charge in [-0.1, -0.05) is 26.8 Å². The molecule has 3 aromatic rings. The van der Waals surface area contributed by atoms with Crippen LogP contribution in [0.3, 0.4) is 0 Å². The fraction of sp³-hybridized carbons (Fsp3) is 0.318. The maximum Gasteiger partial charge on any atom is 0.417 e. The molecule has 0 radical (unpaired) electrons. The summed E-state index contributed by atoms with van der Waals surface area (Å²) in [4.78, 5) is 22.3. The fourth-order valence-electron chi connectivity index (χ4n) is 2.77. The fourth-order valence-corrected chi connectivity index (χ4v) is 2.77. The molecule has 0 saturated carbocycles. The van der Waals surface area contributed by atoms with Crippen LogP contribution in [0, 0.1) is 5.41 Å². The Morgan fingerprint density at radius 2 is 1.71 bits per heavy atom. The first-order valence-electron chi connectivity index (χ1n) is 9.49. The van der Waals surface area contributed by atoms with Crippen molar-refractivity contribution in [2.75, 3.05) is 6.61 Å². The van der Waals surface area contributed by atoms with E-state index in [1.54, 1.807) is 24.3 Å². The molecule has 31 heavy (non-hydrogen) atoms. The highest BCUT2D eigenvalue weighted by Crippen LogP contribution is 2.36. The highest BCUT2D eigenvalue weighted by atomic mass is 19.4. The van der Waals surface area contributed by atoms with Gasteiger partial charge in [-0.25, -0.2) is 9.78 Å². The van der Waals surface area contributed by atoms with Gasteiger partial charge in [-0.2, -0.15) is 18.2 Å². The van der Waals surface area contributed by atoms with Crippen LogP contribution in [0.1, 0.15) is 31.9 Å². The second-order valence-electron chi connectivity index (χ2n) is 8.24. The standard InChI is InChI=1S/C22H22F3N3O3/c1-21(2,3)12-31-15-7-5-14(6-8-15)18-26-19(28-20(30)27-18)16-10-13(11-29)4-9-17(16)22(23,24)25/h4-10,29H,11-12H2,1-3H3,(H,26,27,28,30). The maximum absolute atomic E-state index is 13.5. The quantitative estimate of drug-likeness (QED) is 0.621. The summed E-state index contributed by atoms with van der Waals surface area (Å²) in [5.41, 5.74) is -1.48. The third kappa shape index (κ3) is 5.69. The lowest BCUT2D eigenvalue weighted by Crippen LogP contribution is -2.17. The Hall–Kier alpha value is -3.20. The topological polar surface area (TPSA) is 88.1 Å². The highest BCUT2D eigenvalue weighted by Gasteiger charge is 2.34. The monoisotopic (exact) mass is 433 g/mol. The Kier molecular flexibility index (Phi) is 6.17. The van der Waals surface area contributed by atoms with Crippen LogP contribution in [0.2, 0.25) is 0 Å². The summed E-state index contributed by atoms with van der Waals surface area (Å²) < 4.78 is 46.1. The minimum Gasteiger partial charge on any atom is -0.493 e. The summed E-state index contributed by atoms with van der Waals surface area (Å²) >= 11 is 0. The number of nitrogens with one attached hydrogen (secondary N) is 1. The average Bonchev–Trinajstić information content (AvgIpc) is 2.70. The van der Waals surface area contributed by atoms with E-state index in [4.69, 9.17) is 4.74 Å². The summed E-state index contributed by atoms with van der Waals surface area (Å²) in [7, 11) is 0. The lowest BCUT2D eigenvalue weighted by Gasteiger charge is -2.18. The largest absolute Gasteiger partial charge is 0.493 e. The van der Waals surface area contributed by atoms with Crippen molar-refractivity contribution >= 4 is 0 Å². The maximum atomic E-state index is 13.5. The van der Waals surface area contributed by atoms with E-state index >= 15 is 0 Å². The highest BCUT2D eigenvalue weighted by molar-refractivity contribution is 5.65. The van der Waals surface area contributed by atoms with Crippen LogP contribution in [0.4, 0.5) is 13.2 Å². The van der Waals surface area contributed by atoms with E-state index in [9.17, 15) is 23.1 Å². The second kappa shape index (κ2) is 8.50. The van der Waals surface area contributed by atoms with E-state index < -0.39 is 24.0 Å². The van der Waals surface area contributed by atoms with Crippen LogP contribution < -0.4 is 10.4 Å². The molecule has 3 rings (SSSR count). The molecular formula is C22H22F3N3O3. The predicted octanol–water partition coefficient (Wildman–Crippen LogP) is 4.43. The molecule has 6 nitrogen and oxygen atoms in total. The zero-order valence-corrected chi connectivity index (χ0v) is 17.2. The van der Waals surface area contributed by atoms with Crippen molar-refractivity contribution in [2.24, 2.45) is 5.41 Å². The Morgan fingerprint density at radius 1 is 1.03 bits per heavy atom. The number of halogens is 3. The number of hydrogen-bond donors (Lipinski definition) is 2. The molecule has 0 spiro atoms. The van der Waals surface area contributed by atoms with Crippen molar-refractivity contribution in [1.82, 2.24) is 15.0 Å². The molecule has 2 N–H and O–H groups in total. The zero-order valence-electron chi connectivity index (χ0n) is 17.2. The van der Waals surface area contributed by atoms with Gasteiger partial charge in [-0.15, -0.1) is 0 Å². The number of aromatic nitrogens is 3. The van der Waals surface area contributed by atoms with Gasteiger partial charge in [0, 0.05) is 11.1 Å². The van der Waals surface area contributed by atoms with Crippen molar-refractivity contribution in [2.45, 2.75) is 33.6 Å². The van der Waals surface area contributed by atoms with Crippen molar-refractivity contribution in [3.8, 4) is 28.5 Å². The molecule has 9 heteroatoms. The lowest BCUT2D eigenvalue weighted by atomic mass is 9.99. The molecule has 1 aromatic heterocycles. The minimum absolute atomic E-state index is 0.0244. The molecule has 0 aliphatic rings. The van der Waals surface area contributed by atoms with Crippen molar-refractivity contribution < 1.29 is 23.0 Å². The lowest BCUT2D eigenvalue weighted by molar-refractivity contribution is -0.137. The normalized spacial score (nSPS) is 12.1. The van der Waals surface area contributed by atoms with Gasteiger partial charge in [0.25, 0.3) is 0 Å². The van der Waals surface area contributed by atoms with E-state index in [-0.39, 0.29) is 28.2 Å². The van der Waals surface area contributed by atoms with Crippen LogP contribution >= 0.6 is 0 Å². The van der Waals surface area contributed by atoms with Gasteiger partial charge in [0.05, 0.1) is 18.8 Å². The van der Waals surface area contributed by atoms with E-state index in [0.717, 1.165) is 12.1 Å². The molecule has 0 saturated heterocycles. The molecule has 0 aliphatic carbocycles. The number of aromatic amines is 1. The van der Waals surface area contributed by atoms with Gasteiger partial charge < -0.3 is 9.84 Å². The van der Waals surface area contributed by atoms with Gasteiger partial charge in [-0.05, 0) is 47.4 Å². The molecular weight excluding hydrogens is 411 g/mol. The Balaban J connectivity index is 2.01. The van der Waals surface area contributed by atoms with Gasteiger partial charge in [0.2, 0.25) is 0 Å². The Bertz CT molecular complexity index is 1120. The molecule has 0 bridgehead atoms. The van der Waals surface area contributed by atoms with Gasteiger partial charge >= 0.3 is 11.9 Å². The molecule has 0 amide bonds. The number of H-pyrrole nitrogens is 1. The van der Waals surface area contributed by atoms with Crippen LogP contribution in [0.15, 0.2) is 47.3 Å². The number of nitrogens with zero attached hydrogens (tertiary/aromatic N) is 2. The van der Waals surface area contributed by atoms with Crippen LogP contribution in [0.5, 0.6) is 5.75 Å². The molecule has 0 aliphatic heterocycles. The molecule has 164 valence electrons. The molecule has 0 fully saturated rings. The molecule has 1 heterocycles. The van der Waals surface area contributed by atoms with Gasteiger partial charge in [-0.3, -0.25) is 4.98 Å². The summed E-state index contributed by atoms with van der Waals surface area (Å²) in [6, 6.07) is 9.79. The first-order chi connectivity index (χ1) is 14.5. The predicted molar refractivity (Wildman–Crippen MR) is 109 cm³/mol. The SMILES string of the molecule is CC(C)(C)COc1ccc(-c2nc(-c3cc(CO)ccc3C(F)(F)F)[nH]c(=O)n2)cc1. The molecule has 0 atom stereocenters. The third-order valence-corrected chi connectivity index (χ3v) is 4.26. The summed E-state index contributed by atoms with van der Waals surface area (Å²) in [5.74, 6) is 0.299. The third-order valence-electron chi connectivity index (χ3n) is 4.26. The van der Waals surface area contributed by atoms with Crippen molar-refractivity contribution in [1.29, 1.82) is 0 Å². The summed E-state index contributed by atoms with van der Waals surface area (Å²) in [5, 5.41) is 9.31. The van der Waals surface area contributed by atoms with Crippen molar-refractivity contribution in [3.63, 3.8) is 0 Å². The Labute approximate surface area is 176 Å². The Morgan fingerprint density at radius 3 is 2.29 bits per heavy atom. The number of ether oxygens (including phenoxy) is 1. The van der Waals surface area contributed by atoms with Gasteiger partial charge in [0.1, 0.15) is 11.6 Å². The van der Waals surface area contributed by atoms with Crippen LogP contribution in [-0.2, 0) is 12.8 Å². The van der Waals surface area contributed by atoms with Crippen molar-refractivity contribution in [3.05, 3.63) is 64.1 Å². The first kappa shape index (κ1) is 22.5. The summed E-state index contributed by atoms with van der Waals surface area (Å²) in [6.45, 7) is 6.15. The minimum atomic E-state index is -4.67. The first-order valence-corrected chi connectivity index (χ1v) is 9.49. The zero-order chi connectivity index (χ0) is 22.8. The van der Waals surface area contributed by atoms with E-state index in [2.05, 4.69) is 15.0 Å².